The number of hydrogen-bond acceptors (Lipinski definition) is 3. The van der Waals surface area contributed by atoms with Crippen LogP contribution >= 0.6 is 0 Å². The molecule has 0 spiro atoms. The molecule has 0 unspecified atom stereocenters. The average molecular weight is 601 g/mol. The van der Waals surface area contributed by atoms with E-state index in [1.807, 2.05) is 60.7 Å². The van der Waals surface area contributed by atoms with Gasteiger partial charge in [-0.1, -0.05) is 140 Å². The van der Waals surface area contributed by atoms with Gasteiger partial charge >= 0.3 is 0 Å². The minimum atomic E-state index is 0.638. The predicted octanol–water partition coefficient (Wildman–Crippen LogP) is 10.8. The van der Waals surface area contributed by atoms with Crippen molar-refractivity contribution in [1.29, 1.82) is 0 Å². The standard InChI is InChI=1S/C43H28N4/c1-4-13-29(14-5-1)32-23-25-36-33(27-32)24-26-39-40(36)37-21-10-11-22-38(37)47(39)35-20-12-19-34(28-35)43-45-41(30-15-6-2-7-16-30)44-42(46-43)31-17-8-3-9-18-31/h1-28H. The second kappa shape index (κ2) is 11.2. The van der Waals surface area contributed by atoms with E-state index in [9.17, 15) is 0 Å². The molecule has 220 valence electrons. The van der Waals surface area contributed by atoms with Crippen LogP contribution in [0.5, 0.6) is 0 Å². The minimum Gasteiger partial charge on any atom is -0.309 e. The first-order valence-corrected chi connectivity index (χ1v) is 15.8. The van der Waals surface area contributed by atoms with Gasteiger partial charge in [-0.2, -0.15) is 0 Å². The van der Waals surface area contributed by atoms with Crippen molar-refractivity contribution < 1.29 is 0 Å². The fraction of sp³-hybridized carbons (Fsp3) is 0. The van der Waals surface area contributed by atoms with E-state index >= 15 is 0 Å². The van der Waals surface area contributed by atoms with Crippen LogP contribution in [0.15, 0.2) is 170 Å². The Morgan fingerprint density at radius 1 is 0.340 bits per heavy atom. The molecule has 2 heterocycles. The Bertz CT molecular complexity index is 2500. The first kappa shape index (κ1) is 27.0. The number of aromatic nitrogens is 4. The molecule has 0 N–H and O–H groups in total. The zero-order valence-electron chi connectivity index (χ0n) is 25.5. The van der Waals surface area contributed by atoms with Gasteiger partial charge in [0.2, 0.25) is 0 Å². The van der Waals surface area contributed by atoms with Gasteiger partial charge in [0.1, 0.15) is 0 Å². The normalized spacial score (nSPS) is 11.4. The third-order valence-corrected chi connectivity index (χ3v) is 8.82. The summed E-state index contributed by atoms with van der Waals surface area (Å²) in [5.74, 6) is 1.94. The molecule has 0 atom stereocenters. The summed E-state index contributed by atoms with van der Waals surface area (Å²) in [6.45, 7) is 0. The number of benzene rings is 7. The van der Waals surface area contributed by atoms with Crippen LogP contribution in [-0.4, -0.2) is 19.5 Å². The highest BCUT2D eigenvalue weighted by molar-refractivity contribution is 6.21. The van der Waals surface area contributed by atoms with Crippen LogP contribution in [0.25, 0.3) is 83.6 Å². The SMILES string of the molecule is c1ccc(-c2ccc3c(ccc4c3c3ccccc3n4-c3cccc(-c4nc(-c5ccccc5)nc(-c5ccccc5)n4)c3)c2)cc1. The number of para-hydroxylation sites is 1. The molecule has 0 aliphatic carbocycles. The topological polar surface area (TPSA) is 43.6 Å². The number of fused-ring (bicyclic) bond motifs is 5. The fourth-order valence-corrected chi connectivity index (χ4v) is 6.61. The van der Waals surface area contributed by atoms with Gasteiger partial charge in [-0.05, 0) is 52.2 Å². The molecule has 0 fully saturated rings. The first-order valence-electron chi connectivity index (χ1n) is 15.8. The molecule has 4 nitrogen and oxygen atoms in total. The monoisotopic (exact) mass is 600 g/mol. The molecule has 7 aromatic carbocycles. The molecular formula is C43H28N4. The van der Waals surface area contributed by atoms with Crippen molar-refractivity contribution in [3.8, 4) is 51.0 Å². The molecule has 4 heteroatoms. The van der Waals surface area contributed by atoms with Gasteiger partial charge in [0.05, 0.1) is 11.0 Å². The highest BCUT2D eigenvalue weighted by Crippen LogP contribution is 2.38. The van der Waals surface area contributed by atoms with E-state index in [0.29, 0.717) is 17.5 Å². The lowest BCUT2D eigenvalue weighted by Gasteiger charge is -2.12. The summed E-state index contributed by atoms with van der Waals surface area (Å²) in [6.07, 6.45) is 0. The lowest BCUT2D eigenvalue weighted by Crippen LogP contribution is -2.01. The van der Waals surface area contributed by atoms with Crippen molar-refractivity contribution in [2.24, 2.45) is 0 Å². The average Bonchev–Trinajstić information content (AvgIpc) is 3.50. The Kier molecular flexibility index (Phi) is 6.43. The molecule has 9 aromatic rings. The van der Waals surface area contributed by atoms with E-state index in [2.05, 4.69) is 114 Å². The molecule has 0 radical (unpaired) electrons. The van der Waals surface area contributed by atoms with Gasteiger partial charge < -0.3 is 4.57 Å². The van der Waals surface area contributed by atoms with E-state index in [1.165, 1.54) is 32.7 Å². The summed E-state index contributed by atoms with van der Waals surface area (Å²) in [6, 6.07) is 59.3. The summed E-state index contributed by atoms with van der Waals surface area (Å²) in [5, 5.41) is 4.94. The van der Waals surface area contributed by atoms with Gasteiger partial charge in [-0.15, -0.1) is 0 Å². The maximum atomic E-state index is 4.99. The van der Waals surface area contributed by atoms with Gasteiger partial charge in [-0.25, -0.2) is 15.0 Å². The summed E-state index contributed by atoms with van der Waals surface area (Å²) in [4.78, 5) is 14.9. The molecule has 2 aromatic heterocycles. The molecule has 0 aliphatic heterocycles. The van der Waals surface area contributed by atoms with Gasteiger partial charge in [0, 0.05) is 33.2 Å². The molecule has 0 saturated heterocycles. The molecule has 47 heavy (non-hydrogen) atoms. The Balaban J connectivity index is 1.23. The van der Waals surface area contributed by atoms with Crippen LogP contribution in [0.3, 0.4) is 0 Å². The maximum Gasteiger partial charge on any atom is 0.164 e. The molecule has 9 rings (SSSR count). The quantitative estimate of drug-likeness (QED) is 0.197. The van der Waals surface area contributed by atoms with Crippen molar-refractivity contribution in [1.82, 2.24) is 19.5 Å². The lowest BCUT2D eigenvalue weighted by molar-refractivity contribution is 1.07. The predicted molar refractivity (Wildman–Crippen MR) is 193 cm³/mol. The van der Waals surface area contributed by atoms with Crippen LogP contribution in [0.1, 0.15) is 0 Å². The number of rotatable bonds is 5. The Morgan fingerprint density at radius 2 is 0.915 bits per heavy atom. The van der Waals surface area contributed by atoms with E-state index < -0.39 is 0 Å². The second-order valence-electron chi connectivity index (χ2n) is 11.7. The third kappa shape index (κ3) is 4.75. The fourth-order valence-electron chi connectivity index (χ4n) is 6.61. The lowest BCUT2D eigenvalue weighted by atomic mass is 9.98. The summed E-state index contributed by atoms with van der Waals surface area (Å²) >= 11 is 0. The smallest absolute Gasteiger partial charge is 0.164 e. The summed E-state index contributed by atoms with van der Waals surface area (Å²) < 4.78 is 2.36. The van der Waals surface area contributed by atoms with Crippen LogP contribution in [-0.2, 0) is 0 Å². The van der Waals surface area contributed by atoms with Crippen molar-refractivity contribution in [2.75, 3.05) is 0 Å². The van der Waals surface area contributed by atoms with Gasteiger partial charge in [0.15, 0.2) is 17.5 Å². The molecule has 0 bridgehead atoms. The minimum absolute atomic E-state index is 0.638. The van der Waals surface area contributed by atoms with Crippen LogP contribution in [0, 0.1) is 0 Å². The Hall–Kier alpha value is -6.39. The summed E-state index contributed by atoms with van der Waals surface area (Å²) in [5.41, 5.74) is 8.64. The van der Waals surface area contributed by atoms with E-state index in [0.717, 1.165) is 33.4 Å². The van der Waals surface area contributed by atoms with Crippen molar-refractivity contribution in [3.63, 3.8) is 0 Å². The van der Waals surface area contributed by atoms with Crippen molar-refractivity contribution in [2.45, 2.75) is 0 Å². The zero-order valence-corrected chi connectivity index (χ0v) is 25.5. The third-order valence-electron chi connectivity index (χ3n) is 8.82. The zero-order chi connectivity index (χ0) is 31.2. The highest BCUT2D eigenvalue weighted by Gasteiger charge is 2.17. The van der Waals surface area contributed by atoms with Crippen molar-refractivity contribution in [3.05, 3.63) is 170 Å². The summed E-state index contributed by atoms with van der Waals surface area (Å²) in [7, 11) is 0. The van der Waals surface area contributed by atoms with E-state index in [4.69, 9.17) is 15.0 Å². The molecule has 0 aliphatic rings. The Labute approximate surface area is 272 Å². The van der Waals surface area contributed by atoms with Gasteiger partial charge in [0.25, 0.3) is 0 Å². The maximum absolute atomic E-state index is 4.99. The van der Waals surface area contributed by atoms with Crippen molar-refractivity contribution >= 4 is 32.6 Å². The van der Waals surface area contributed by atoms with Crippen LogP contribution in [0.4, 0.5) is 0 Å². The van der Waals surface area contributed by atoms with E-state index in [1.54, 1.807) is 0 Å². The second-order valence-corrected chi connectivity index (χ2v) is 11.7. The largest absolute Gasteiger partial charge is 0.309 e. The number of hydrogen-bond donors (Lipinski definition) is 0. The highest BCUT2D eigenvalue weighted by atomic mass is 15.0. The molecule has 0 saturated carbocycles. The Morgan fingerprint density at radius 3 is 1.60 bits per heavy atom. The molecule has 0 amide bonds. The van der Waals surface area contributed by atoms with Gasteiger partial charge in [-0.3, -0.25) is 0 Å². The first-order chi connectivity index (χ1) is 23.3. The van der Waals surface area contributed by atoms with Crippen LogP contribution < -0.4 is 0 Å². The number of nitrogens with zero attached hydrogens (tertiary/aromatic N) is 4. The van der Waals surface area contributed by atoms with E-state index in [-0.39, 0.29) is 0 Å². The molecular weight excluding hydrogens is 573 g/mol. The van der Waals surface area contributed by atoms with Crippen LogP contribution in [0.2, 0.25) is 0 Å².